The molecule has 4 rings (SSSR count). The fraction of sp³-hybridized carbons (Fsp3) is 0.238. The zero-order valence-electron chi connectivity index (χ0n) is 16.0. The number of rotatable bonds is 4. The highest BCUT2D eigenvalue weighted by atomic mass is 79.9. The van der Waals surface area contributed by atoms with E-state index in [4.69, 9.17) is 0 Å². The number of halogens is 2. The van der Waals surface area contributed by atoms with Crippen LogP contribution in [0.2, 0.25) is 0 Å². The third-order valence-electron chi connectivity index (χ3n) is 4.92. The quantitative estimate of drug-likeness (QED) is 0.563. The highest BCUT2D eigenvalue weighted by molar-refractivity contribution is 9.10. The summed E-state index contributed by atoms with van der Waals surface area (Å²) in [5.41, 5.74) is 4.16. The van der Waals surface area contributed by atoms with Crippen molar-refractivity contribution in [2.45, 2.75) is 12.8 Å². The molecule has 0 saturated carbocycles. The number of nitrogens with zero attached hydrogens (tertiary/aromatic N) is 3. The standard InChI is InChI=1S/C21H21BrFN5O/c1-27-20(19(22)13-24-27)14-10-17(12-18(11-14)28-8-2-3-9-28)26-21(29)25-16-6-4-15(23)5-7-16/h4-7,10-13H,2-3,8-9H2,1H3,(H2,25,26,29). The summed E-state index contributed by atoms with van der Waals surface area (Å²) in [4.78, 5) is 14.8. The first-order valence-electron chi connectivity index (χ1n) is 9.41. The van der Waals surface area contributed by atoms with Gasteiger partial charge in [-0.1, -0.05) is 0 Å². The van der Waals surface area contributed by atoms with E-state index in [0.717, 1.165) is 47.3 Å². The summed E-state index contributed by atoms with van der Waals surface area (Å²) in [5, 5.41) is 9.92. The first-order chi connectivity index (χ1) is 14.0. The van der Waals surface area contributed by atoms with Gasteiger partial charge in [0.2, 0.25) is 0 Å². The molecule has 2 N–H and O–H groups in total. The zero-order valence-corrected chi connectivity index (χ0v) is 17.5. The second-order valence-electron chi connectivity index (χ2n) is 7.01. The van der Waals surface area contributed by atoms with E-state index in [1.807, 2.05) is 19.2 Å². The number of benzene rings is 2. The summed E-state index contributed by atoms with van der Waals surface area (Å²) < 4.78 is 15.8. The molecular formula is C21H21BrFN5O. The van der Waals surface area contributed by atoms with Crippen molar-refractivity contribution in [2.24, 2.45) is 7.05 Å². The lowest BCUT2D eigenvalue weighted by atomic mass is 10.1. The average Bonchev–Trinajstić information content (AvgIpc) is 3.33. The monoisotopic (exact) mass is 457 g/mol. The molecule has 2 amide bonds. The Kier molecular flexibility index (Phi) is 5.53. The third kappa shape index (κ3) is 4.42. The van der Waals surface area contributed by atoms with E-state index in [0.29, 0.717) is 11.4 Å². The van der Waals surface area contributed by atoms with E-state index in [1.165, 1.54) is 24.3 Å². The molecule has 1 aromatic heterocycles. The minimum absolute atomic E-state index is 0.347. The summed E-state index contributed by atoms with van der Waals surface area (Å²) in [6, 6.07) is 11.3. The molecule has 0 bridgehead atoms. The molecule has 3 aromatic rings. The predicted molar refractivity (Wildman–Crippen MR) is 117 cm³/mol. The van der Waals surface area contributed by atoms with Gasteiger partial charge in [0.1, 0.15) is 5.82 Å². The maximum Gasteiger partial charge on any atom is 0.323 e. The molecule has 1 fully saturated rings. The number of hydrogen-bond donors (Lipinski definition) is 2. The number of hydrogen-bond acceptors (Lipinski definition) is 3. The van der Waals surface area contributed by atoms with Gasteiger partial charge in [-0.25, -0.2) is 9.18 Å². The van der Waals surface area contributed by atoms with Crippen molar-refractivity contribution in [1.29, 1.82) is 0 Å². The lowest BCUT2D eigenvalue weighted by molar-refractivity contribution is 0.262. The molecule has 0 atom stereocenters. The molecule has 29 heavy (non-hydrogen) atoms. The summed E-state index contributed by atoms with van der Waals surface area (Å²) in [6.07, 6.45) is 4.08. The van der Waals surface area contributed by atoms with Crippen LogP contribution in [0.15, 0.2) is 53.1 Å². The molecular weight excluding hydrogens is 437 g/mol. The number of carbonyl (C=O) groups is 1. The fourth-order valence-corrected chi connectivity index (χ4v) is 4.12. The predicted octanol–water partition coefficient (Wildman–Crippen LogP) is 5.23. The van der Waals surface area contributed by atoms with Crippen molar-refractivity contribution in [3.8, 4) is 11.3 Å². The maximum atomic E-state index is 13.1. The second kappa shape index (κ2) is 8.24. The summed E-state index contributed by atoms with van der Waals surface area (Å²) >= 11 is 3.56. The van der Waals surface area contributed by atoms with Crippen molar-refractivity contribution in [3.05, 3.63) is 59.0 Å². The van der Waals surface area contributed by atoms with Gasteiger partial charge >= 0.3 is 6.03 Å². The second-order valence-corrected chi connectivity index (χ2v) is 7.87. The number of urea groups is 1. The van der Waals surface area contributed by atoms with Crippen LogP contribution >= 0.6 is 15.9 Å². The van der Waals surface area contributed by atoms with Gasteiger partial charge in [-0.15, -0.1) is 0 Å². The molecule has 150 valence electrons. The van der Waals surface area contributed by atoms with Gasteiger partial charge in [0.15, 0.2) is 0 Å². The molecule has 6 nitrogen and oxygen atoms in total. The van der Waals surface area contributed by atoms with Crippen LogP contribution in [0.5, 0.6) is 0 Å². The number of aryl methyl sites for hydroxylation is 1. The number of aromatic nitrogens is 2. The van der Waals surface area contributed by atoms with Crippen molar-refractivity contribution in [1.82, 2.24) is 9.78 Å². The van der Waals surface area contributed by atoms with Crippen molar-refractivity contribution in [3.63, 3.8) is 0 Å². The van der Waals surface area contributed by atoms with E-state index in [-0.39, 0.29) is 11.8 Å². The first kappa shape index (κ1) is 19.4. The van der Waals surface area contributed by atoms with Gasteiger partial charge in [0.05, 0.1) is 16.4 Å². The van der Waals surface area contributed by atoms with Gasteiger partial charge in [0, 0.05) is 42.8 Å². The molecule has 1 aliphatic rings. The minimum Gasteiger partial charge on any atom is -0.371 e. The van der Waals surface area contributed by atoms with Crippen LogP contribution in [0.1, 0.15) is 12.8 Å². The molecule has 0 unspecified atom stereocenters. The Bertz CT molecular complexity index is 1010. The van der Waals surface area contributed by atoms with Crippen LogP contribution in [0.4, 0.5) is 26.2 Å². The Labute approximate surface area is 176 Å². The lowest BCUT2D eigenvalue weighted by Crippen LogP contribution is -2.21. The molecule has 1 saturated heterocycles. The average molecular weight is 458 g/mol. The van der Waals surface area contributed by atoms with Crippen LogP contribution in [0.25, 0.3) is 11.3 Å². The van der Waals surface area contributed by atoms with E-state index >= 15 is 0 Å². The lowest BCUT2D eigenvalue weighted by Gasteiger charge is -2.20. The van der Waals surface area contributed by atoms with E-state index in [9.17, 15) is 9.18 Å². The SMILES string of the molecule is Cn1ncc(Br)c1-c1cc(NC(=O)Nc2ccc(F)cc2)cc(N2CCCC2)c1. The van der Waals surface area contributed by atoms with Gasteiger partial charge in [-0.3, -0.25) is 4.68 Å². The summed E-state index contributed by atoms with van der Waals surface area (Å²) in [7, 11) is 1.89. The largest absolute Gasteiger partial charge is 0.371 e. The maximum absolute atomic E-state index is 13.1. The van der Waals surface area contributed by atoms with E-state index in [2.05, 4.69) is 42.6 Å². The molecule has 2 heterocycles. The third-order valence-corrected chi connectivity index (χ3v) is 5.50. The highest BCUT2D eigenvalue weighted by Gasteiger charge is 2.17. The van der Waals surface area contributed by atoms with Gasteiger partial charge in [-0.2, -0.15) is 5.10 Å². The number of anilines is 3. The van der Waals surface area contributed by atoms with Crippen LogP contribution in [0.3, 0.4) is 0 Å². The Hall–Kier alpha value is -2.87. The number of nitrogens with one attached hydrogen (secondary N) is 2. The van der Waals surface area contributed by atoms with Crippen LogP contribution in [0, 0.1) is 5.82 Å². The van der Waals surface area contributed by atoms with Crippen LogP contribution in [-0.2, 0) is 7.05 Å². The number of amides is 2. The van der Waals surface area contributed by atoms with Crippen LogP contribution in [-0.4, -0.2) is 28.9 Å². The molecule has 0 spiro atoms. The Balaban J connectivity index is 1.63. The first-order valence-corrected chi connectivity index (χ1v) is 10.2. The molecule has 1 aliphatic heterocycles. The van der Waals surface area contributed by atoms with E-state index in [1.54, 1.807) is 10.9 Å². The molecule has 0 radical (unpaired) electrons. The normalized spacial score (nSPS) is 13.6. The van der Waals surface area contributed by atoms with E-state index < -0.39 is 0 Å². The molecule has 0 aliphatic carbocycles. The minimum atomic E-state index is -0.384. The fourth-order valence-electron chi connectivity index (χ4n) is 3.54. The summed E-state index contributed by atoms with van der Waals surface area (Å²) in [5.74, 6) is -0.347. The zero-order chi connectivity index (χ0) is 20.4. The van der Waals surface area contributed by atoms with Crippen LogP contribution < -0.4 is 15.5 Å². The summed E-state index contributed by atoms with van der Waals surface area (Å²) in [6.45, 7) is 1.99. The topological polar surface area (TPSA) is 62.2 Å². The van der Waals surface area contributed by atoms with Gasteiger partial charge < -0.3 is 15.5 Å². The van der Waals surface area contributed by atoms with Crippen molar-refractivity contribution in [2.75, 3.05) is 28.6 Å². The van der Waals surface area contributed by atoms with Crippen molar-refractivity contribution < 1.29 is 9.18 Å². The van der Waals surface area contributed by atoms with Crippen molar-refractivity contribution >= 4 is 39.0 Å². The van der Waals surface area contributed by atoms with Gasteiger partial charge in [-0.05, 0) is 71.2 Å². The smallest absolute Gasteiger partial charge is 0.323 e. The Morgan fingerprint density at radius 2 is 1.76 bits per heavy atom. The molecule has 8 heteroatoms. The Morgan fingerprint density at radius 3 is 2.41 bits per heavy atom. The van der Waals surface area contributed by atoms with Gasteiger partial charge in [0.25, 0.3) is 0 Å². The highest BCUT2D eigenvalue weighted by Crippen LogP contribution is 2.34. The molecule has 2 aromatic carbocycles. The Morgan fingerprint density at radius 1 is 1.07 bits per heavy atom. The number of carbonyl (C=O) groups excluding carboxylic acids is 1.